The molecule has 5 rings (SSSR count). The second-order valence-electron chi connectivity index (χ2n) is 6.23. The van der Waals surface area contributed by atoms with Crippen molar-refractivity contribution in [1.29, 1.82) is 0 Å². The minimum Gasteiger partial charge on any atom is -0.355 e. The average molecular weight is 334 g/mol. The molecule has 4 heteroatoms. The Morgan fingerprint density at radius 2 is 1.27 bits per heavy atom. The average Bonchev–Trinajstić information content (AvgIpc) is 3.39. The van der Waals surface area contributed by atoms with Gasteiger partial charge in [-0.2, -0.15) is 0 Å². The maximum atomic E-state index is 5.67. The monoisotopic (exact) mass is 334 g/mol. The van der Waals surface area contributed by atoms with Crippen molar-refractivity contribution < 1.29 is 0 Å². The lowest BCUT2D eigenvalue weighted by Crippen LogP contribution is -1.77. The molecule has 0 spiro atoms. The van der Waals surface area contributed by atoms with Crippen LogP contribution < -0.4 is 0 Å². The molecule has 0 unspecified atom stereocenters. The molecule has 5 heterocycles. The Kier molecular flexibility index (Phi) is 3.13. The van der Waals surface area contributed by atoms with E-state index in [9.17, 15) is 0 Å². The fourth-order valence-electron chi connectivity index (χ4n) is 3.14. The normalized spacial score (nSPS) is 12.3. The van der Waals surface area contributed by atoms with E-state index in [1.54, 1.807) is 0 Å². The highest BCUT2D eigenvalue weighted by Gasteiger charge is 2.04. The van der Waals surface area contributed by atoms with Crippen molar-refractivity contribution >= 4 is 46.4 Å². The number of terminal acetylenes is 1. The summed E-state index contributed by atoms with van der Waals surface area (Å²) in [7, 11) is 0. The summed E-state index contributed by atoms with van der Waals surface area (Å²) in [5.41, 5.74) is 8.15. The SMILES string of the molecule is C#Cc1cc2cc3ccc(cc4nc(cc5nc(cc1[nH]2)C=C5)C=C4)[nH]3. The summed E-state index contributed by atoms with van der Waals surface area (Å²) < 4.78 is 0. The molecule has 4 nitrogen and oxygen atoms in total. The zero-order valence-corrected chi connectivity index (χ0v) is 13.8. The van der Waals surface area contributed by atoms with Gasteiger partial charge in [-0.05, 0) is 66.8 Å². The summed E-state index contributed by atoms with van der Waals surface area (Å²) in [5.74, 6) is 2.74. The lowest BCUT2D eigenvalue weighted by atomic mass is 10.2. The van der Waals surface area contributed by atoms with Gasteiger partial charge >= 0.3 is 0 Å². The molecule has 2 aliphatic rings. The van der Waals surface area contributed by atoms with Gasteiger partial charge in [-0.1, -0.05) is 5.92 Å². The molecule has 26 heavy (non-hydrogen) atoms. The topological polar surface area (TPSA) is 57.4 Å². The number of aromatic nitrogens is 4. The fourth-order valence-corrected chi connectivity index (χ4v) is 3.14. The van der Waals surface area contributed by atoms with Gasteiger partial charge in [0.2, 0.25) is 0 Å². The molecule has 122 valence electrons. The summed E-state index contributed by atoms with van der Waals surface area (Å²) in [6.45, 7) is 0. The summed E-state index contributed by atoms with van der Waals surface area (Å²) in [4.78, 5) is 16.0. The van der Waals surface area contributed by atoms with Crippen molar-refractivity contribution in [2.24, 2.45) is 0 Å². The van der Waals surface area contributed by atoms with Crippen LogP contribution in [-0.4, -0.2) is 19.9 Å². The van der Waals surface area contributed by atoms with Gasteiger partial charge in [0.05, 0.1) is 28.3 Å². The van der Waals surface area contributed by atoms with Crippen LogP contribution in [-0.2, 0) is 0 Å². The Labute approximate surface area is 150 Å². The maximum absolute atomic E-state index is 5.67. The van der Waals surface area contributed by atoms with E-state index in [1.807, 2.05) is 66.8 Å². The van der Waals surface area contributed by atoms with Gasteiger partial charge in [-0.3, -0.25) is 0 Å². The minimum absolute atomic E-state index is 0.814. The lowest BCUT2D eigenvalue weighted by Gasteiger charge is -1.86. The number of hydrogen-bond donors (Lipinski definition) is 2. The third kappa shape index (κ3) is 2.62. The molecule has 0 aromatic carbocycles. The second kappa shape index (κ2) is 5.61. The molecule has 0 aliphatic carbocycles. The summed E-state index contributed by atoms with van der Waals surface area (Å²) in [6.07, 6.45) is 13.6. The van der Waals surface area contributed by atoms with Gasteiger partial charge in [-0.25, -0.2) is 9.97 Å². The van der Waals surface area contributed by atoms with E-state index in [2.05, 4.69) is 25.9 Å². The highest BCUT2D eigenvalue weighted by Crippen LogP contribution is 2.19. The Bertz CT molecular complexity index is 1290. The summed E-state index contributed by atoms with van der Waals surface area (Å²) >= 11 is 0. The predicted octanol–water partition coefficient (Wildman–Crippen LogP) is 4.64. The number of rotatable bonds is 0. The highest BCUT2D eigenvalue weighted by atomic mass is 14.8. The zero-order chi connectivity index (χ0) is 17.5. The zero-order valence-electron chi connectivity index (χ0n) is 13.8. The van der Waals surface area contributed by atoms with Gasteiger partial charge in [0.25, 0.3) is 0 Å². The van der Waals surface area contributed by atoms with Crippen LogP contribution in [0.1, 0.15) is 28.3 Å². The fraction of sp³-hybridized carbons (Fsp3) is 0. The number of fused-ring (bicyclic) bond motifs is 8. The third-order valence-corrected chi connectivity index (χ3v) is 4.32. The van der Waals surface area contributed by atoms with Crippen molar-refractivity contribution in [1.82, 2.24) is 19.9 Å². The van der Waals surface area contributed by atoms with Crippen molar-refractivity contribution in [2.45, 2.75) is 0 Å². The molecule has 0 saturated heterocycles. The van der Waals surface area contributed by atoms with Crippen LogP contribution in [0.2, 0.25) is 0 Å². The van der Waals surface area contributed by atoms with E-state index >= 15 is 0 Å². The van der Waals surface area contributed by atoms with Gasteiger partial charge < -0.3 is 9.97 Å². The van der Waals surface area contributed by atoms with Crippen LogP contribution in [0.4, 0.5) is 0 Å². The predicted molar refractivity (Wildman–Crippen MR) is 107 cm³/mol. The van der Waals surface area contributed by atoms with Crippen LogP contribution in [0.3, 0.4) is 0 Å². The Morgan fingerprint density at radius 3 is 1.96 bits per heavy atom. The van der Waals surface area contributed by atoms with E-state index in [1.165, 1.54) is 0 Å². The molecular weight excluding hydrogens is 320 g/mol. The molecule has 0 amide bonds. The standard InChI is InChI=1S/C22H14N4/c1-2-14-9-21-12-19-6-5-17(24-19)10-15-3-4-16(23-15)11-18-7-8-20(25-18)13-22(14)26-21/h1,3-13,24,26H. The summed E-state index contributed by atoms with van der Waals surface area (Å²) in [5, 5.41) is 0. The number of aromatic amines is 2. The second-order valence-corrected chi connectivity index (χ2v) is 6.23. The van der Waals surface area contributed by atoms with E-state index in [0.717, 1.165) is 50.4 Å². The van der Waals surface area contributed by atoms with Crippen LogP contribution in [0, 0.1) is 12.3 Å². The van der Waals surface area contributed by atoms with Crippen molar-refractivity contribution in [2.75, 3.05) is 0 Å². The quantitative estimate of drug-likeness (QED) is 0.405. The first-order valence-corrected chi connectivity index (χ1v) is 8.30. The van der Waals surface area contributed by atoms with Crippen molar-refractivity contribution in [3.8, 4) is 12.3 Å². The molecule has 8 bridgehead atoms. The molecule has 0 fully saturated rings. The molecule has 2 aliphatic heterocycles. The molecule has 3 aromatic rings. The molecule has 0 atom stereocenters. The summed E-state index contributed by atoms with van der Waals surface area (Å²) in [6, 6.07) is 14.0. The van der Waals surface area contributed by atoms with Gasteiger partial charge in [0.15, 0.2) is 0 Å². The molecule has 0 saturated carbocycles. The maximum Gasteiger partial charge on any atom is 0.0659 e. The van der Waals surface area contributed by atoms with Gasteiger partial charge in [-0.15, -0.1) is 6.42 Å². The Hall–Kier alpha value is -3.84. The van der Waals surface area contributed by atoms with Gasteiger partial charge in [0.1, 0.15) is 0 Å². The van der Waals surface area contributed by atoms with Crippen LogP contribution in [0.25, 0.3) is 46.4 Å². The molecule has 2 N–H and O–H groups in total. The molecule has 0 radical (unpaired) electrons. The van der Waals surface area contributed by atoms with E-state index in [0.29, 0.717) is 0 Å². The van der Waals surface area contributed by atoms with Crippen molar-refractivity contribution in [3.05, 3.63) is 70.8 Å². The van der Waals surface area contributed by atoms with Crippen molar-refractivity contribution in [3.63, 3.8) is 0 Å². The van der Waals surface area contributed by atoms with Crippen LogP contribution >= 0.6 is 0 Å². The molecule has 3 aromatic heterocycles. The van der Waals surface area contributed by atoms with Crippen LogP contribution in [0.15, 0.2) is 42.5 Å². The smallest absolute Gasteiger partial charge is 0.0659 e. The third-order valence-electron chi connectivity index (χ3n) is 4.32. The highest BCUT2D eigenvalue weighted by molar-refractivity contribution is 5.79. The minimum atomic E-state index is 0.814. The van der Waals surface area contributed by atoms with E-state index in [4.69, 9.17) is 6.42 Å². The Morgan fingerprint density at radius 1 is 0.654 bits per heavy atom. The largest absolute Gasteiger partial charge is 0.355 e. The number of nitrogens with zero attached hydrogens (tertiary/aromatic N) is 2. The number of nitrogens with one attached hydrogen (secondary N) is 2. The first-order chi connectivity index (χ1) is 12.7. The first kappa shape index (κ1) is 14.5. The lowest BCUT2D eigenvalue weighted by molar-refractivity contribution is 1.28. The van der Waals surface area contributed by atoms with E-state index < -0.39 is 0 Å². The van der Waals surface area contributed by atoms with Crippen LogP contribution in [0.5, 0.6) is 0 Å². The number of H-pyrrole nitrogens is 2. The van der Waals surface area contributed by atoms with E-state index in [-0.39, 0.29) is 0 Å². The molecular formula is C22H14N4. The number of hydrogen-bond acceptors (Lipinski definition) is 2. The Balaban J connectivity index is 1.88. The van der Waals surface area contributed by atoms with Gasteiger partial charge in [0, 0.05) is 22.1 Å². The first-order valence-electron chi connectivity index (χ1n) is 8.30.